The minimum absolute atomic E-state index is 0.159. The molecule has 20 heavy (non-hydrogen) atoms. The van der Waals surface area contributed by atoms with Crippen LogP contribution in [0.1, 0.15) is 32.7 Å². The molecule has 1 atom stereocenters. The molecular weight excluding hydrogens is 259 g/mol. The van der Waals surface area contributed by atoms with E-state index >= 15 is 0 Å². The molecular formula is C15H17FN2O2. The SMILES string of the molecule is CCCC(C)n1c(=O)ccn(-c2ccc(F)cc2)c1=O. The zero-order valence-electron chi connectivity index (χ0n) is 11.5. The molecule has 5 heteroatoms. The van der Waals surface area contributed by atoms with Gasteiger partial charge in [0.2, 0.25) is 0 Å². The highest BCUT2D eigenvalue weighted by molar-refractivity contribution is 5.31. The molecule has 0 fully saturated rings. The van der Waals surface area contributed by atoms with Crippen LogP contribution >= 0.6 is 0 Å². The monoisotopic (exact) mass is 276 g/mol. The lowest BCUT2D eigenvalue weighted by Gasteiger charge is -2.15. The first-order valence-corrected chi connectivity index (χ1v) is 6.64. The van der Waals surface area contributed by atoms with Crippen LogP contribution in [0.25, 0.3) is 5.69 Å². The second-order valence-electron chi connectivity index (χ2n) is 4.79. The van der Waals surface area contributed by atoms with Crippen LogP contribution in [0.5, 0.6) is 0 Å². The van der Waals surface area contributed by atoms with Crippen molar-refractivity contribution in [1.82, 2.24) is 9.13 Å². The fraction of sp³-hybridized carbons (Fsp3) is 0.333. The van der Waals surface area contributed by atoms with Gasteiger partial charge in [-0.15, -0.1) is 0 Å². The molecule has 2 rings (SSSR count). The van der Waals surface area contributed by atoms with Gasteiger partial charge in [0.1, 0.15) is 5.82 Å². The van der Waals surface area contributed by atoms with E-state index in [1.54, 1.807) is 0 Å². The zero-order chi connectivity index (χ0) is 14.7. The number of hydrogen-bond donors (Lipinski definition) is 0. The summed E-state index contributed by atoms with van der Waals surface area (Å²) in [5.74, 6) is -0.366. The van der Waals surface area contributed by atoms with E-state index in [1.165, 1.54) is 45.7 Å². The Balaban J connectivity index is 2.57. The van der Waals surface area contributed by atoms with E-state index in [4.69, 9.17) is 0 Å². The summed E-state index contributed by atoms with van der Waals surface area (Å²) in [5.41, 5.74) is -0.173. The van der Waals surface area contributed by atoms with Gasteiger partial charge in [0.15, 0.2) is 0 Å². The lowest BCUT2D eigenvalue weighted by Crippen LogP contribution is -2.40. The zero-order valence-corrected chi connectivity index (χ0v) is 11.5. The molecule has 106 valence electrons. The van der Waals surface area contributed by atoms with Crippen LogP contribution in [0.4, 0.5) is 4.39 Å². The fourth-order valence-corrected chi connectivity index (χ4v) is 2.24. The molecule has 1 unspecified atom stereocenters. The van der Waals surface area contributed by atoms with Gasteiger partial charge in [-0.1, -0.05) is 13.3 Å². The number of halogens is 1. The molecule has 0 bridgehead atoms. The molecule has 0 aliphatic rings. The molecule has 0 amide bonds. The average molecular weight is 276 g/mol. The third kappa shape index (κ3) is 2.71. The summed E-state index contributed by atoms with van der Waals surface area (Å²) in [4.78, 5) is 24.3. The van der Waals surface area contributed by atoms with Crippen LogP contribution in [0.3, 0.4) is 0 Å². The summed E-state index contributed by atoms with van der Waals surface area (Å²) >= 11 is 0. The third-order valence-electron chi connectivity index (χ3n) is 3.27. The van der Waals surface area contributed by atoms with Crippen molar-refractivity contribution in [3.05, 3.63) is 63.2 Å². The van der Waals surface area contributed by atoms with Gasteiger partial charge in [0.05, 0.1) is 5.69 Å². The normalized spacial score (nSPS) is 12.3. The van der Waals surface area contributed by atoms with Gasteiger partial charge in [0, 0.05) is 18.3 Å². The van der Waals surface area contributed by atoms with Crippen LogP contribution in [-0.2, 0) is 0 Å². The molecule has 1 aromatic carbocycles. The van der Waals surface area contributed by atoms with Gasteiger partial charge in [-0.25, -0.2) is 9.18 Å². The van der Waals surface area contributed by atoms with Crippen LogP contribution in [-0.4, -0.2) is 9.13 Å². The Morgan fingerprint density at radius 3 is 2.40 bits per heavy atom. The minimum Gasteiger partial charge on any atom is -0.269 e. The summed E-state index contributed by atoms with van der Waals surface area (Å²) in [6.45, 7) is 3.85. The molecule has 1 heterocycles. The van der Waals surface area contributed by atoms with Gasteiger partial charge in [-0.3, -0.25) is 13.9 Å². The number of nitrogens with zero attached hydrogens (tertiary/aromatic N) is 2. The third-order valence-corrected chi connectivity index (χ3v) is 3.27. The van der Waals surface area contributed by atoms with E-state index in [1.807, 2.05) is 13.8 Å². The predicted molar refractivity (Wildman–Crippen MR) is 75.9 cm³/mol. The average Bonchev–Trinajstić information content (AvgIpc) is 2.41. The quantitative estimate of drug-likeness (QED) is 0.861. The topological polar surface area (TPSA) is 44.0 Å². The smallest absolute Gasteiger partial charge is 0.269 e. The number of hydrogen-bond acceptors (Lipinski definition) is 2. The molecule has 0 spiro atoms. The van der Waals surface area contributed by atoms with E-state index in [-0.39, 0.29) is 17.4 Å². The van der Waals surface area contributed by atoms with Crippen molar-refractivity contribution in [2.75, 3.05) is 0 Å². The maximum Gasteiger partial charge on any atom is 0.335 e. The van der Waals surface area contributed by atoms with Crippen molar-refractivity contribution < 1.29 is 4.39 Å². The Hall–Kier alpha value is -2.17. The maximum absolute atomic E-state index is 12.9. The van der Waals surface area contributed by atoms with Gasteiger partial charge >= 0.3 is 5.69 Å². The molecule has 4 nitrogen and oxygen atoms in total. The molecule has 0 N–H and O–H groups in total. The van der Waals surface area contributed by atoms with Crippen LogP contribution < -0.4 is 11.2 Å². The molecule has 1 aromatic heterocycles. The van der Waals surface area contributed by atoms with E-state index in [0.717, 1.165) is 12.8 Å². The number of rotatable bonds is 4. The Morgan fingerprint density at radius 1 is 1.15 bits per heavy atom. The van der Waals surface area contributed by atoms with E-state index in [9.17, 15) is 14.0 Å². The number of aromatic nitrogens is 2. The molecule has 0 saturated heterocycles. The molecule has 2 aromatic rings. The summed E-state index contributed by atoms with van der Waals surface area (Å²) in [6.07, 6.45) is 3.06. The van der Waals surface area contributed by atoms with Crippen LogP contribution in [0, 0.1) is 5.82 Å². The van der Waals surface area contributed by atoms with E-state index < -0.39 is 5.69 Å². The van der Waals surface area contributed by atoms with Crippen molar-refractivity contribution >= 4 is 0 Å². The van der Waals surface area contributed by atoms with E-state index in [0.29, 0.717) is 5.69 Å². The van der Waals surface area contributed by atoms with Crippen molar-refractivity contribution in [1.29, 1.82) is 0 Å². The minimum atomic E-state index is -0.398. The van der Waals surface area contributed by atoms with Crippen molar-refractivity contribution in [3.63, 3.8) is 0 Å². The molecule has 0 aliphatic carbocycles. The standard InChI is InChI=1S/C15H17FN2O2/c1-3-4-11(2)18-14(19)9-10-17(15(18)20)13-7-5-12(16)6-8-13/h5-11H,3-4H2,1-2H3. The first-order chi connectivity index (χ1) is 9.54. The van der Waals surface area contributed by atoms with Gasteiger partial charge in [0.25, 0.3) is 5.56 Å². The second kappa shape index (κ2) is 5.86. The highest BCUT2D eigenvalue weighted by Gasteiger charge is 2.12. The highest BCUT2D eigenvalue weighted by atomic mass is 19.1. The fourth-order valence-electron chi connectivity index (χ4n) is 2.24. The first-order valence-electron chi connectivity index (χ1n) is 6.64. The highest BCUT2D eigenvalue weighted by Crippen LogP contribution is 2.09. The Kier molecular flexibility index (Phi) is 4.17. The summed E-state index contributed by atoms with van der Waals surface area (Å²) in [5, 5.41) is 0. The van der Waals surface area contributed by atoms with Crippen molar-refractivity contribution in [2.45, 2.75) is 32.7 Å². The largest absolute Gasteiger partial charge is 0.335 e. The van der Waals surface area contributed by atoms with E-state index in [2.05, 4.69) is 0 Å². The van der Waals surface area contributed by atoms with Gasteiger partial charge in [-0.2, -0.15) is 0 Å². The Bertz CT molecular complexity index is 701. The van der Waals surface area contributed by atoms with Crippen LogP contribution in [0.15, 0.2) is 46.1 Å². The van der Waals surface area contributed by atoms with Crippen LogP contribution in [0.2, 0.25) is 0 Å². The maximum atomic E-state index is 12.9. The number of benzene rings is 1. The second-order valence-corrected chi connectivity index (χ2v) is 4.79. The molecule has 0 aliphatic heterocycles. The summed E-state index contributed by atoms with van der Waals surface area (Å²) in [7, 11) is 0. The van der Waals surface area contributed by atoms with Gasteiger partial charge < -0.3 is 0 Å². The lowest BCUT2D eigenvalue weighted by molar-refractivity contribution is 0.458. The van der Waals surface area contributed by atoms with Crippen molar-refractivity contribution in [3.8, 4) is 5.69 Å². The summed E-state index contributed by atoms with van der Waals surface area (Å²) in [6, 6.07) is 6.79. The Labute approximate surface area is 116 Å². The van der Waals surface area contributed by atoms with Crippen molar-refractivity contribution in [2.24, 2.45) is 0 Å². The predicted octanol–water partition coefficient (Wildman–Crippen LogP) is 2.50. The first kappa shape index (κ1) is 14.2. The molecule has 0 radical (unpaired) electrons. The summed E-state index contributed by atoms with van der Waals surface area (Å²) < 4.78 is 15.5. The molecule has 0 saturated carbocycles. The lowest BCUT2D eigenvalue weighted by atomic mass is 10.2. The van der Waals surface area contributed by atoms with Gasteiger partial charge in [-0.05, 0) is 37.6 Å². The Morgan fingerprint density at radius 2 is 1.80 bits per heavy atom.